The van der Waals surface area contributed by atoms with Crippen LogP contribution in [-0.2, 0) is 11.3 Å². The van der Waals surface area contributed by atoms with Gasteiger partial charge in [-0.1, -0.05) is 5.21 Å². The lowest BCUT2D eigenvalue weighted by atomic mass is 10.2. The first-order chi connectivity index (χ1) is 7.67. The fourth-order valence-corrected chi connectivity index (χ4v) is 1.51. The molecule has 1 aliphatic rings. The van der Waals surface area contributed by atoms with Crippen LogP contribution in [0.3, 0.4) is 0 Å². The Bertz CT molecular complexity index is 441. The van der Waals surface area contributed by atoms with Crippen LogP contribution in [0.2, 0.25) is 0 Å². The van der Waals surface area contributed by atoms with Gasteiger partial charge in [-0.15, -0.1) is 5.10 Å². The largest absolute Gasteiger partial charge is 0.464 e. The highest BCUT2D eigenvalue weighted by Crippen LogP contribution is 2.12. The first-order valence-electron chi connectivity index (χ1n) is 4.61. The van der Waals surface area contributed by atoms with E-state index in [4.69, 9.17) is 5.11 Å². The van der Waals surface area contributed by atoms with E-state index in [0.717, 1.165) is 0 Å². The van der Waals surface area contributed by atoms with Crippen LogP contribution in [0.25, 0.3) is 0 Å². The van der Waals surface area contributed by atoms with Crippen LogP contribution in [0, 0.1) is 0 Å². The number of nitrogens with zero attached hydrogens (tertiary/aromatic N) is 3. The SMILES string of the molecule is COC(=O)c1nnn2c1C(=O)N[C@@H](CO)C2. The molecular weight excluding hydrogens is 216 g/mol. The number of aliphatic hydroxyl groups is 1. The van der Waals surface area contributed by atoms with Gasteiger partial charge in [-0.25, -0.2) is 9.48 Å². The summed E-state index contributed by atoms with van der Waals surface area (Å²) >= 11 is 0. The van der Waals surface area contributed by atoms with Crippen LogP contribution in [0.15, 0.2) is 0 Å². The zero-order valence-corrected chi connectivity index (χ0v) is 8.51. The minimum atomic E-state index is -0.709. The molecule has 0 fully saturated rings. The first kappa shape index (κ1) is 10.6. The smallest absolute Gasteiger partial charge is 0.361 e. The molecule has 0 unspecified atom stereocenters. The summed E-state index contributed by atoms with van der Waals surface area (Å²) in [6.45, 7) is 0.0835. The number of ether oxygens (including phenoxy) is 1. The van der Waals surface area contributed by atoms with Gasteiger partial charge in [-0.3, -0.25) is 4.79 Å². The number of esters is 1. The quantitative estimate of drug-likeness (QED) is 0.574. The van der Waals surface area contributed by atoms with E-state index in [1.54, 1.807) is 0 Å². The van der Waals surface area contributed by atoms with Gasteiger partial charge in [0, 0.05) is 0 Å². The van der Waals surface area contributed by atoms with E-state index >= 15 is 0 Å². The van der Waals surface area contributed by atoms with Crippen molar-refractivity contribution in [3.05, 3.63) is 11.4 Å². The van der Waals surface area contributed by atoms with Gasteiger partial charge in [-0.05, 0) is 0 Å². The Morgan fingerprint density at radius 2 is 2.50 bits per heavy atom. The second kappa shape index (κ2) is 3.89. The lowest BCUT2D eigenvalue weighted by Gasteiger charge is -2.22. The fourth-order valence-electron chi connectivity index (χ4n) is 1.51. The Balaban J connectivity index is 2.39. The van der Waals surface area contributed by atoms with Crippen LogP contribution in [0.4, 0.5) is 0 Å². The van der Waals surface area contributed by atoms with Crippen molar-refractivity contribution in [1.82, 2.24) is 20.3 Å². The highest BCUT2D eigenvalue weighted by atomic mass is 16.5. The van der Waals surface area contributed by atoms with Gasteiger partial charge in [0.25, 0.3) is 5.91 Å². The monoisotopic (exact) mass is 226 g/mol. The summed E-state index contributed by atoms with van der Waals surface area (Å²) in [6.07, 6.45) is 0. The fraction of sp³-hybridized carbons (Fsp3) is 0.500. The summed E-state index contributed by atoms with van der Waals surface area (Å²) in [6, 6.07) is -0.410. The molecule has 1 aliphatic heterocycles. The zero-order valence-electron chi connectivity index (χ0n) is 8.51. The molecule has 0 bridgehead atoms. The van der Waals surface area contributed by atoms with Crippen molar-refractivity contribution in [1.29, 1.82) is 0 Å². The molecule has 0 saturated carbocycles. The molecule has 2 rings (SSSR count). The highest BCUT2D eigenvalue weighted by Gasteiger charge is 2.31. The molecule has 0 saturated heterocycles. The lowest BCUT2D eigenvalue weighted by molar-refractivity contribution is 0.0587. The summed E-state index contributed by atoms with van der Waals surface area (Å²) in [5.41, 5.74) is -0.0482. The Kier molecular flexibility index (Phi) is 2.57. The molecule has 16 heavy (non-hydrogen) atoms. The minimum absolute atomic E-state index is 0.0663. The summed E-state index contributed by atoms with van der Waals surface area (Å²) in [4.78, 5) is 22.9. The molecule has 8 nitrogen and oxygen atoms in total. The first-order valence-corrected chi connectivity index (χ1v) is 4.61. The molecule has 1 atom stereocenters. The third kappa shape index (κ3) is 1.52. The van der Waals surface area contributed by atoms with E-state index in [1.807, 2.05) is 0 Å². The average molecular weight is 226 g/mol. The van der Waals surface area contributed by atoms with Crippen molar-refractivity contribution >= 4 is 11.9 Å². The Morgan fingerprint density at radius 1 is 1.75 bits per heavy atom. The molecular formula is C8H10N4O4. The molecule has 1 aromatic rings. The van der Waals surface area contributed by atoms with Gasteiger partial charge in [0.15, 0.2) is 5.69 Å². The summed E-state index contributed by atoms with van der Waals surface area (Å²) in [5.74, 6) is -1.20. The van der Waals surface area contributed by atoms with Crippen molar-refractivity contribution in [2.45, 2.75) is 12.6 Å². The van der Waals surface area contributed by atoms with Gasteiger partial charge in [0.05, 0.1) is 26.3 Å². The number of methoxy groups -OCH3 is 1. The number of aromatic nitrogens is 3. The average Bonchev–Trinajstić information content (AvgIpc) is 2.72. The number of hydrogen-bond acceptors (Lipinski definition) is 6. The highest BCUT2D eigenvalue weighted by molar-refractivity contribution is 6.03. The minimum Gasteiger partial charge on any atom is -0.464 e. The van der Waals surface area contributed by atoms with Crippen molar-refractivity contribution < 1.29 is 19.4 Å². The Hall–Kier alpha value is -1.96. The maximum Gasteiger partial charge on any atom is 0.361 e. The van der Waals surface area contributed by atoms with Crippen LogP contribution in [0.5, 0.6) is 0 Å². The number of amides is 1. The van der Waals surface area contributed by atoms with Crippen molar-refractivity contribution in [3.63, 3.8) is 0 Å². The zero-order chi connectivity index (χ0) is 11.7. The maximum absolute atomic E-state index is 11.6. The third-order valence-electron chi connectivity index (χ3n) is 2.28. The van der Waals surface area contributed by atoms with E-state index in [2.05, 4.69) is 20.4 Å². The number of carbonyl (C=O) groups is 2. The molecule has 0 aliphatic carbocycles. The summed E-state index contributed by atoms with van der Waals surface area (Å²) in [5, 5.41) is 18.7. The number of aliphatic hydroxyl groups excluding tert-OH is 1. The molecule has 2 heterocycles. The summed E-state index contributed by atoms with van der Waals surface area (Å²) in [7, 11) is 1.20. The van der Waals surface area contributed by atoms with E-state index in [-0.39, 0.29) is 24.5 Å². The summed E-state index contributed by atoms with van der Waals surface area (Å²) < 4.78 is 5.76. The molecule has 0 aromatic carbocycles. The maximum atomic E-state index is 11.6. The van der Waals surface area contributed by atoms with Crippen LogP contribution in [-0.4, -0.2) is 51.7 Å². The van der Waals surface area contributed by atoms with Crippen molar-refractivity contribution in [2.24, 2.45) is 0 Å². The van der Waals surface area contributed by atoms with Gasteiger partial charge < -0.3 is 15.2 Å². The molecule has 8 heteroatoms. The van der Waals surface area contributed by atoms with Gasteiger partial charge in [0.2, 0.25) is 5.69 Å². The van der Waals surface area contributed by atoms with Gasteiger partial charge >= 0.3 is 5.97 Å². The Morgan fingerprint density at radius 3 is 3.12 bits per heavy atom. The van der Waals surface area contributed by atoms with E-state index in [1.165, 1.54) is 11.8 Å². The molecule has 1 amide bonds. The predicted molar refractivity (Wildman–Crippen MR) is 49.7 cm³/mol. The molecule has 0 radical (unpaired) electrons. The number of rotatable bonds is 2. The van der Waals surface area contributed by atoms with Crippen LogP contribution in [0.1, 0.15) is 21.0 Å². The lowest BCUT2D eigenvalue weighted by Crippen LogP contribution is -2.47. The normalized spacial score (nSPS) is 18.9. The van der Waals surface area contributed by atoms with E-state index in [9.17, 15) is 9.59 Å². The molecule has 1 aromatic heterocycles. The van der Waals surface area contributed by atoms with Gasteiger partial charge in [0.1, 0.15) is 0 Å². The molecule has 86 valence electrons. The molecule has 0 spiro atoms. The van der Waals surface area contributed by atoms with Crippen molar-refractivity contribution in [3.8, 4) is 0 Å². The number of fused-ring (bicyclic) bond motifs is 1. The second-order valence-corrected chi connectivity index (χ2v) is 3.31. The Labute approximate surface area is 90.2 Å². The predicted octanol–water partition coefficient (Wildman–Crippen LogP) is -1.83. The molecule has 2 N–H and O–H groups in total. The van der Waals surface area contributed by atoms with Crippen LogP contribution >= 0.6 is 0 Å². The number of nitrogens with one attached hydrogen (secondary N) is 1. The number of carbonyl (C=O) groups excluding carboxylic acids is 2. The van der Waals surface area contributed by atoms with E-state index < -0.39 is 17.9 Å². The third-order valence-corrected chi connectivity index (χ3v) is 2.28. The van der Waals surface area contributed by atoms with Crippen LogP contribution < -0.4 is 5.32 Å². The second-order valence-electron chi connectivity index (χ2n) is 3.31. The van der Waals surface area contributed by atoms with E-state index in [0.29, 0.717) is 0 Å². The van der Waals surface area contributed by atoms with Gasteiger partial charge in [-0.2, -0.15) is 0 Å². The number of hydrogen-bond donors (Lipinski definition) is 2. The van der Waals surface area contributed by atoms with Crippen molar-refractivity contribution in [2.75, 3.05) is 13.7 Å². The topological polar surface area (TPSA) is 106 Å². The standard InChI is InChI=1S/C8H10N4O4/c1-16-8(15)5-6-7(14)9-4(3-13)2-12(6)11-10-5/h4,13H,2-3H2,1H3,(H,9,14)/t4-/m1/s1.